The minimum absolute atomic E-state index is 0.0252. The first-order valence-corrected chi connectivity index (χ1v) is 10.4. The van der Waals surface area contributed by atoms with Crippen molar-refractivity contribution < 1.29 is 23.6 Å². The minimum atomic E-state index is -0.975. The van der Waals surface area contributed by atoms with Crippen molar-refractivity contribution in [1.29, 1.82) is 0 Å². The molecular weight excluding hydrogens is 419 g/mol. The number of nitro groups is 1. The van der Waals surface area contributed by atoms with Crippen molar-refractivity contribution in [2.24, 2.45) is 5.92 Å². The molecule has 2 aliphatic rings. The predicted molar refractivity (Wildman–Crippen MR) is 115 cm³/mol. The molecule has 0 aromatic heterocycles. The van der Waals surface area contributed by atoms with Crippen molar-refractivity contribution in [1.82, 2.24) is 4.90 Å². The maximum atomic E-state index is 13.6. The first-order chi connectivity index (χ1) is 15.4. The van der Waals surface area contributed by atoms with E-state index in [1.54, 1.807) is 0 Å². The van der Waals surface area contributed by atoms with Crippen LogP contribution in [0.3, 0.4) is 0 Å². The van der Waals surface area contributed by atoms with E-state index in [4.69, 9.17) is 4.74 Å². The van der Waals surface area contributed by atoms with Gasteiger partial charge in [-0.3, -0.25) is 24.6 Å². The van der Waals surface area contributed by atoms with E-state index in [-0.39, 0.29) is 30.5 Å². The van der Waals surface area contributed by atoms with Crippen molar-refractivity contribution in [2.75, 3.05) is 43.1 Å². The fourth-order valence-electron chi connectivity index (χ4n) is 3.96. The topological polar surface area (TPSA) is 105 Å². The number of nitro benzene ring substituents is 1. The highest BCUT2D eigenvalue weighted by atomic mass is 19.1. The van der Waals surface area contributed by atoms with E-state index < -0.39 is 22.3 Å². The van der Waals surface area contributed by atoms with E-state index in [9.17, 15) is 24.1 Å². The SMILES string of the molecule is O=C(Nc1ccccc1CN1CCOCC1)C1CC(=O)N(c2ccc(F)c([N+](=O)[O-])c2)C1. The third-order valence-electron chi connectivity index (χ3n) is 5.71. The molecule has 2 saturated heterocycles. The Kier molecular flexibility index (Phi) is 6.42. The average Bonchev–Trinajstić information content (AvgIpc) is 3.18. The number of halogens is 1. The predicted octanol–water partition coefficient (Wildman–Crippen LogP) is 2.56. The summed E-state index contributed by atoms with van der Waals surface area (Å²) in [6.45, 7) is 3.73. The van der Waals surface area contributed by atoms with Gasteiger partial charge in [-0.2, -0.15) is 4.39 Å². The highest BCUT2D eigenvalue weighted by Crippen LogP contribution is 2.30. The van der Waals surface area contributed by atoms with Gasteiger partial charge in [-0.15, -0.1) is 0 Å². The van der Waals surface area contributed by atoms with Gasteiger partial charge in [0.15, 0.2) is 0 Å². The Balaban J connectivity index is 1.45. The maximum absolute atomic E-state index is 13.6. The molecule has 4 rings (SSSR count). The number of carbonyl (C=O) groups excluding carboxylic acids is 2. The number of rotatable bonds is 6. The number of para-hydroxylation sites is 1. The zero-order valence-corrected chi connectivity index (χ0v) is 17.3. The molecule has 2 aromatic rings. The van der Waals surface area contributed by atoms with Crippen LogP contribution < -0.4 is 10.2 Å². The molecule has 10 heteroatoms. The van der Waals surface area contributed by atoms with Crippen LogP contribution in [0, 0.1) is 21.8 Å². The largest absolute Gasteiger partial charge is 0.379 e. The molecule has 1 N–H and O–H groups in total. The summed E-state index contributed by atoms with van der Waals surface area (Å²) in [5.41, 5.74) is 1.15. The van der Waals surface area contributed by atoms with Gasteiger partial charge >= 0.3 is 5.69 Å². The second-order valence-electron chi connectivity index (χ2n) is 7.83. The Hall–Kier alpha value is -3.37. The van der Waals surface area contributed by atoms with Crippen LogP contribution in [-0.2, 0) is 20.9 Å². The quantitative estimate of drug-likeness (QED) is 0.545. The lowest BCUT2D eigenvalue weighted by atomic mass is 10.1. The second kappa shape index (κ2) is 9.41. The molecule has 0 radical (unpaired) electrons. The molecule has 0 spiro atoms. The number of hydrogen-bond donors (Lipinski definition) is 1. The molecule has 0 bridgehead atoms. The Morgan fingerprint density at radius 3 is 2.72 bits per heavy atom. The summed E-state index contributed by atoms with van der Waals surface area (Å²) in [6.07, 6.45) is -0.0252. The molecule has 32 heavy (non-hydrogen) atoms. The zero-order chi connectivity index (χ0) is 22.7. The van der Waals surface area contributed by atoms with Crippen molar-refractivity contribution in [3.8, 4) is 0 Å². The standard InChI is InChI=1S/C22H23FN4O5/c23-18-6-5-17(12-20(18)27(30)31)26-14-16(11-21(26)28)22(29)24-19-4-2-1-3-15(19)13-25-7-9-32-10-8-25/h1-6,12,16H,7-11,13-14H2,(H,24,29). The summed E-state index contributed by atoms with van der Waals surface area (Å²) in [4.78, 5) is 39.1. The van der Waals surface area contributed by atoms with Crippen LogP contribution in [-0.4, -0.2) is 54.5 Å². The molecule has 2 amide bonds. The molecule has 9 nitrogen and oxygen atoms in total. The van der Waals surface area contributed by atoms with Gasteiger partial charge in [-0.05, 0) is 23.8 Å². The smallest absolute Gasteiger partial charge is 0.306 e. The fourth-order valence-corrected chi connectivity index (χ4v) is 3.96. The highest BCUT2D eigenvalue weighted by molar-refractivity contribution is 6.03. The zero-order valence-electron chi connectivity index (χ0n) is 17.3. The van der Waals surface area contributed by atoms with E-state index in [1.165, 1.54) is 11.0 Å². The molecular formula is C22H23FN4O5. The molecule has 2 aromatic carbocycles. The third kappa shape index (κ3) is 4.76. The third-order valence-corrected chi connectivity index (χ3v) is 5.71. The molecule has 168 valence electrons. The number of carbonyl (C=O) groups is 2. The van der Waals surface area contributed by atoms with Gasteiger partial charge in [-0.25, -0.2) is 0 Å². The van der Waals surface area contributed by atoms with Crippen molar-refractivity contribution in [3.63, 3.8) is 0 Å². The summed E-state index contributed by atoms with van der Waals surface area (Å²) >= 11 is 0. The number of amides is 2. The first-order valence-electron chi connectivity index (χ1n) is 10.4. The van der Waals surface area contributed by atoms with E-state index in [0.717, 1.165) is 30.8 Å². The molecule has 2 heterocycles. The number of nitrogens with one attached hydrogen (secondary N) is 1. The van der Waals surface area contributed by atoms with Gasteiger partial charge in [0.05, 0.1) is 29.7 Å². The fraction of sp³-hybridized carbons (Fsp3) is 0.364. The van der Waals surface area contributed by atoms with Gasteiger partial charge in [-0.1, -0.05) is 18.2 Å². The molecule has 0 aliphatic carbocycles. The lowest BCUT2D eigenvalue weighted by Gasteiger charge is -2.27. The Bertz CT molecular complexity index is 1040. The van der Waals surface area contributed by atoms with Gasteiger partial charge in [0.1, 0.15) is 0 Å². The monoisotopic (exact) mass is 442 g/mol. The first kappa shape index (κ1) is 21.8. The molecule has 2 aliphatic heterocycles. The lowest BCUT2D eigenvalue weighted by Crippen LogP contribution is -2.36. The number of morpholine rings is 1. The number of nitrogens with zero attached hydrogens (tertiary/aromatic N) is 3. The summed E-state index contributed by atoms with van der Waals surface area (Å²) in [6, 6.07) is 10.8. The number of anilines is 2. The number of hydrogen-bond acceptors (Lipinski definition) is 6. The molecule has 2 fully saturated rings. The van der Waals surface area contributed by atoms with Gasteiger partial charge in [0.25, 0.3) is 0 Å². The Morgan fingerprint density at radius 1 is 1.22 bits per heavy atom. The molecule has 1 atom stereocenters. The van der Waals surface area contributed by atoms with Crippen molar-refractivity contribution in [3.05, 3.63) is 64.0 Å². The van der Waals surface area contributed by atoms with Gasteiger partial charge < -0.3 is 15.0 Å². The average molecular weight is 442 g/mol. The van der Waals surface area contributed by atoms with Crippen LogP contribution >= 0.6 is 0 Å². The highest BCUT2D eigenvalue weighted by Gasteiger charge is 2.36. The van der Waals surface area contributed by atoms with Gasteiger partial charge in [0, 0.05) is 44.4 Å². The van der Waals surface area contributed by atoms with Crippen LogP contribution in [0.4, 0.5) is 21.5 Å². The lowest BCUT2D eigenvalue weighted by molar-refractivity contribution is -0.387. The van der Waals surface area contributed by atoms with Crippen molar-refractivity contribution in [2.45, 2.75) is 13.0 Å². The number of benzene rings is 2. The maximum Gasteiger partial charge on any atom is 0.306 e. The van der Waals surface area contributed by atoms with Crippen molar-refractivity contribution >= 4 is 28.9 Å². The summed E-state index contributed by atoms with van der Waals surface area (Å²) in [5, 5.41) is 13.9. The normalized spacial score (nSPS) is 19.2. The summed E-state index contributed by atoms with van der Waals surface area (Å²) in [7, 11) is 0. The van der Waals surface area contributed by atoms with Crippen LogP contribution in [0.5, 0.6) is 0 Å². The Morgan fingerprint density at radius 2 is 1.97 bits per heavy atom. The van der Waals surface area contributed by atoms with Crippen LogP contribution in [0.15, 0.2) is 42.5 Å². The minimum Gasteiger partial charge on any atom is -0.379 e. The van der Waals surface area contributed by atoms with E-state index in [0.29, 0.717) is 25.4 Å². The second-order valence-corrected chi connectivity index (χ2v) is 7.83. The molecule has 0 saturated carbocycles. The summed E-state index contributed by atoms with van der Waals surface area (Å²) in [5.74, 6) is -2.24. The molecule has 1 unspecified atom stereocenters. The summed E-state index contributed by atoms with van der Waals surface area (Å²) < 4.78 is 19.0. The van der Waals surface area contributed by atoms with E-state index in [1.807, 2.05) is 24.3 Å². The Labute approximate surface area is 183 Å². The van der Waals surface area contributed by atoms with Crippen LogP contribution in [0.25, 0.3) is 0 Å². The van der Waals surface area contributed by atoms with Crippen LogP contribution in [0.1, 0.15) is 12.0 Å². The van der Waals surface area contributed by atoms with Gasteiger partial charge in [0.2, 0.25) is 17.6 Å². The van der Waals surface area contributed by atoms with Crippen LogP contribution in [0.2, 0.25) is 0 Å². The van der Waals surface area contributed by atoms with E-state index >= 15 is 0 Å². The number of ether oxygens (including phenoxy) is 1. The van der Waals surface area contributed by atoms with E-state index in [2.05, 4.69) is 10.2 Å².